The van der Waals surface area contributed by atoms with Crippen molar-refractivity contribution < 1.29 is 63.2 Å². The van der Waals surface area contributed by atoms with Crippen LogP contribution >= 0.6 is 0 Å². The number of carbonyl (C=O) groups excluding carboxylic acids is 2. The summed E-state index contributed by atoms with van der Waals surface area (Å²) >= 11 is 0. The molecule has 17 unspecified atom stereocenters. The highest BCUT2D eigenvalue weighted by Gasteiger charge is 2.54. The maximum absolute atomic E-state index is 14.3. The number of hydrogen-bond acceptors (Lipinski definition) is 14. The van der Waals surface area contributed by atoms with E-state index in [9.17, 15) is 30.0 Å². The van der Waals surface area contributed by atoms with Crippen molar-refractivity contribution in [3.8, 4) is 0 Å². The molecule has 5 N–H and O–H groups in total. The third kappa shape index (κ3) is 10.7. The number of nitrogens with one attached hydrogen (secondary N) is 1. The summed E-state index contributed by atoms with van der Waals surface area (Å²) < 4.78 is 43.7. The molecule has 0 aromatic carbocycles. The van der Waals surface area contributed by atoms with E-state index in [-0.39, 0.29) is 43.2 Å². The Hall–Kier alpha value is -1.66. The number of aliphatic hydroxyl groups is 4. The van der Waals surface area contributed by atoms with Crippen molar-refractivity contribution in [2.45, 2.75) is 186 Å². The highest BCUT2D eigenvalue weighted by atomic mass is 16.7. The first-order chi connectivity index (χ1) is 25.4. The van der Waals surface area contributed by atoms with E-state index in [1.165, 1.54) is 21.1 Å². The highest BCUT2D eigenvalue weighted by Crippen LogP contribution is 2.42. The SMILES string of the molecule is CC[C@H]1OC(=O)C(C)C(OC2CC(C)(OC)C(OC(=O)NC)C(C)O2)C(C)C(OC2OC(C)CC(N(C)C)C2O)C(C)(O)CC(C)[C@H](C)C(C)C(O)C1(C)O. The second-order valence-corrected chi connectivity index (χ2v) is 17.7. The molecule has 0 bridgehead atoms. The van der Waals surface area contributed by atoms with Gasteiger partial charge in [0.1, 0.15) is 23.4 Å². The first-order valence-corrected chi connectivity index (χ1v) is 20.1. The summed E-state index contributed by atoms with van der Waals surface area (Å²) in [7, 11) is 6.72. The molecule has 15 nitrogen and oxygen atoms in total. The summed E-state index contributed by atoms with van der Waals surface area (Å²) in [6.45, 7) is 19.6. The number of likely N-dealkylation sites (N-methyl/N-ethyl adjacent to an activating group) is 1. The number of rotatable bonds is 8. The average Bonchev–Trinajstić information content (AvgIpc) is 3.11. The zero-order valence-corrected chi connectivity index (χ0v) is 36.0. The number of carbonyl (C=O) groups is 2. The number of aliphatic hydroxyl groups excluding tert-OH is 2. The van der Waals surface area contributed by atoms with E-state index in [1.54, 1.807) is 34.6 Å². The van der Waals surface area contributed by atoms with Crippen molar-refractivity contribution >= 4 is 12.1 Å². The summed E-state index contributed by atoms with van der Waals surface area (Å²) in [5.74, 6) is -3.38. The number of hydrogen-bond donors (Lipinski definition) is 5. The molecule has 19 atom stereocenters. The molecule has 0 spiro atoms. The first-order valence-electron chi connectivity index (χ1n) is 20.1. The predicted octanol–water partition coefficient (Wildman–Crippen LogP) is 3.22. The first kappa shape index (κ1) is 47.7. The molecular weight excluding hydrogens is 716 g/mol. The number of alkyl carbamates (subject to hydrolysis) is 1. The van der Waals surface area contributed by atoms with Crippen molar-refractivity contribution in [1.82, 2.24) is 10.2 Å². The predicted molar refractivity (Wildman–Crippen MR) is 204 cm³/mol. The molecule has 3 saturated heterocycles. The molecule has 15 heteroatoms. The Labute approximate surface area is 329 Å². The molecular formula is C40H74N2O13. The molecule has 0 radical (unpaired) electrons. The van der Waals surface area contributed by atoms with Crippen LogP contribution in [-0.2, 0) is 38.0 Å². The van der Waals surface area contributed by atoms with E-state index in [4.69, 9.17) is 33.2 Å². The normalized spacial score (nSPS) is 48.1. The zero-order valence-electron chi connectivity index (χ0n) is 36.0. The van der Waals surface area contributed by atoms with Crippen LogP contribution in [0.2, 0.25) is 0 Å². The molecule has 0 saturated carbocycles. The van der Waals surface area contributed by atoms with Gasteiger partial charge in [0, 0.05) is 32.5 Å². The van der Waals surface area contributed by atoms with Crippen LogP contribution in [0.1, 0.15) is 102 Å². The van der Waals surface area contributed by atoms with Gasteiger partial charge in [-0.05, 0) is 92.7 Å². The van der Waals surface area contributed by atoms with E-state index in [0.29, 0.717) is 6.42 Å². The Morgan fingerprint density at radius 2 is 1.55 bits per heavy atom. The second kappa shape index (κ2) is 18.9. The Bertz CT molecular complexity index is 1250. The lowest BCUT2D eigenvalue weighted by atomic mass is 9.70. The van der Waals surface area contributed by atoms with E-state index >= 15 is 0 Å². The summed E-state index contributed by atoms with van der Waals surface area (Å²) in [6, 6.07) is -0.290. The fourth-order valence-corrected chi connectivity index (χ4v) is 9.14. The van der Waals surface area contributed by atoms with Gasteiger partial charge in [-0.3, -0.25) is 4.79 Å². The van der Waals surface area contributed by atoms with Crippen LogP contribution in [0.3, 0.4) is 0 Å². The quantitative estimate of drug-likeness (QED) is 0.225. The topological polar surface area (TPSA) is 195 Å². The Kier molecular flexibility index (Phi) is 16.4. The monoisotopic (exact) mass is 791 g/mol. The third-order valence-electron chi connectivity index (χ3n) is 13.1. The number of esters is 1. The van der Waals surface area contributed by atoms with E-state index in [1.807, 2.05) is 53.6 Å². The van der Waals surface area contributed by atoms with Gasteiger partial charge in [0.15, 0.2) is 18.7 Å². The minimum atomic E-state index is -1.80. The molecule has 3 heterocycles. The van der Waals surface area contributed by atoms with Crippen LogP contribution in [0.15, 0.2) is 0 Å². The van der Waals surface area contributed by atoms with Crippen LogP contribution in [-0.4, -0.2) is 150 Å². The molecule has 322 valence electrons. The summed E-state index contributed by atoms with van der Waals surface area (Å²) in [4.78, 5) is 28.5. The van der Waals surface area contributed by atoms with Gasteiger partial charge in [0.2, 0.25) is 0 Å². The van der Waals surface area contributed by atoms with Gasteiger partial charge in [0.25, 0.3) is 0 Å². The van der Waals surface area contributed by atoms with Gasteiger partial charge >= 0.3 is 12.1 Å². The van der Waals surface area contributed by atoms with Crippen LogP contribution in [0, 0.1) is 29.6 Å². The fourth-order valence-electron chi connectivity index (χ4n) is 9.14. The molecule has 1 amide bonds. The van der Waals surface area contributed by atoms with Crippen molar-refractivity contribution in [3.05, 3.63) is 0 Å². The lowest BCUT2D eigenvalue weighted by molar-refractivity contribution is -0.318. The largest absolute Gasteiger partial charge is 0.459 e. The van der Waals surface area contributed by atoms with E-state index in [2.05, 4.69) is 5.32 Å². The lowest BCUT2D eigenvalue weighted by Gasteiger charge is -2.50. The van der Waals surface area contributed by atoms with Crippen molar-refractivity contribution in [3.63, 3.8) is 0 Å². The molecule has 0 aromatic heterocycles. The molecule has 0 aliphatic carbocycles. The number of cyclic esters (lactones) is 1. The van der Waals surface area contributed by atoms with E-state index in [0.717, 1.165) is 0 Å². The van der Waals surface area contributed by atoms with Crippen molar-refractivity contribution in [2.24, 2.45) is 29.6 Å². The van der Waals surface area contributed by atoms with Crippen LogP contribution in [0.4, 0.5) is 4.79 Å². The number of amides is 1. The molecule has 3 rings (SSSR count). The Morgan fingerprint density at radius 3 is 2.09 bits per heavy atom. The van der Waals surface area contributed by atoms with Crippen LogP contribution < -0.4 is 5.32 Å². The fraction of sp³-hybridized carbons (Fsp3) is 0.950. The standard InChI is InChI=1S/C40H74N2O13/c1-16-28-40(11,48)32(44)23(5)22(4)20(2)18-38(9,47)33(54-36-30(43)27(42(13)14)17-21(3)50-36)24(6)31(25(7)35(45)52-28)53-29-19-39(10,49-15)34(26(8)51-29)55-37(46)41-12/h20-34,36,43-44,47-48H,16-19H2,1-15H3,(H,41,46)/t20?,21?,22-,23?,24?,25?,26?,27?,28+,29?,30?,31?,32?,33?,34?,36?,38?,39?,40?/m0/s1. The number of methoxy groups -OCH3 is 1. The number of ether oxygens (including phenoxy) is 7. The summed E-state index contributed by atoms with van der Waals surface area (Å²) in [6.07, 6.45) is -8.99. The second-order valence-electron chi connectivity index (χ2n) is 17.7. The Morgan fingerprint density at radius 1 is 0.927 bits per heavy atom. The molecule has 3 aliphatic rings. The van der Waals surface area contributed by atoms with Gasteiger partial charge in [0.05, 0.1) is 42.0 Å². The number of nitrogens with zero attached hydrogens (tertiary/aromatic N) is 1. The van der Waals surface area contributed by atoms with Gasteiger partial charge in [-0.15, -0.1) is 0 Å². The van der Waals surface area contributed by atoms with Gasteiger partial charge < -0.3 is 63.8 Å². The maximum atomic E-state index is 14.3. The van der Waals surface area contributed by atoms with Crippen molar-refractivity contribution in [1.29, 1.82) is 0 Å². The average molecular weight is 791 g/mol. The van der Waals surface area contributed by atoms with Gasteiger partial charge in [-0.2, -0.15) is 0 Å². The smallest absolute Gasteiger partial charge is 0.407 e. The Balaban J connectivity index is 2.18. The van der Waals surface area contributed by atoms with Crippen LogP contribution in [0.5, 0.6) is 0 Å². The minimum Gasteiger partial charge on any atom is -0.459 e. The maximum Gasteiger partial charge on any atom is 0.407 e. The summed E-state index contributed by atoms with van der Waals surface area (Å²) in [5.41, 5.74) is -4.46. The van der Waals surface area contributed by atoms with Crippen molar-refractivity contribution in [2.75, 3.05) is 28.3 Å². The third-order valence-corrected chi connectivity index (χ3v) is 13.1. The van der Waals surface area contributed by atoms with Crippen LogP contribution in [0.25, 0.3) is 0 Å². The zero-order chi connectivity index (χ0) is 42.0. The highest BCUT2D eigenvalue weighted by molar-refractivity contribution is 5.73. The van der Waals surface area contributed by atoms with E-state index < -0.39 is 102 Å². The minimum absolute atomic E-state index is 0.0970. The van der Waals surface area contributed by atoms with Gasteiger partial charge in [-0.1, -0.05) is 34.6 Å². The molecule has 0 aromatic rings. The molecule has 3 fully saturated rings. The molecule has 3 aliphatic heterocycles. The lowest BCUT2D eigenvalue weighted by Crippen LogP contribution is -2.61. The summed E-state index contributed by atoms with van der Waals surface area (Å²) in [5, 5.41) is 50.0. The molecule has 55 heavy (non-hydrogen) atoms. The van der Waals surface area contributed by atoms with Gasteiger partial charge in [-0.25, -0.2) is 4.79 Å².